The second kappa shape index (κ2) is 6.78. The maximum absolute atomic E-state index is 12.3. The fourth-order valence-electron chi connectivity index (χ4n) is 2.60. The summed E-state index contributed by atoms with van der Waals surface area (Å²) >= 11 is 0. The number of carboxylic acid groups (broad SMARTS) is 1. The molecule has 19 heavy (non-hydrogen) atoms. The van der Waals surface area contributed by atoms with Gasteiger partial charge in [-0.3, -0.25) is 4.79 Å². The average Bonchev–Trinajstić information content (AvgIpc) is 2.36. The number of hydrogen-bond donors (Lipinski definition) is 1. The average molecular weight is 270 g/mol. The Labute approximate surface area is 115 Å². The van der Waals surface area contributed by atoms with Crippen LogP contribution in [0.5, 0.6) is 0 Å². The lowest BCUT2D eigenvalue weighted by atomic mass is 9.98. The zero-order valence-corrected chi connectivity index (χ0v) is 12.4. The molecule has 0 bridgehead atoms. The van der Waals surface area contributed by atoms with Gasteiger partial charge in [-0.1, -0.05) is 13.8 Å². The van der Waals surface area contributed by atoms with Crippen LogP contribution in [-0.4, -0.2) is 53.1 Å². The van der Waals surface area contributed by atoms with Crippen LogP contribution in [0.3, 0.4) is 0 Å². The maximum atomic E-state index is 12.3. The molecule has 0 aromatic heterocycles. The lowest BCUT2D eigenvalue weighted by Crippen LogP contribution is -2.50. The molecule has 2 amide bonds. The number of carboxylic acids is 1. The molecule has 1 saturated heterocycles. The number of carbonyl (C=O) groups excluding carboxylic acids is 1. The summed E-state index contributed by atoms with van der Waals surface area (Å²) in [6.45, 7) is 7.32. The number of urea groups is 1. The second-order valence-electron chi connectivity index (χ2n) is 6.00. The molecule has 5 heteroatoms. The van der Waals surface area contributed by atoms with Gasteiger partial charge in [0.05, 0.1) is 5.92 Å². The fraction of sp³-hybridized carbons (Fsp3) is 0.857. The Bertz CT molecular complexity index is 331. The van der Waals surface area contributed by atoms with Gasteiger partial charge in [0.15, 0.2) is 0 Å². The predicted molar refractivity (Wildman–Crippen MR) is 74.0 cm³/mol. The number of nitrogens with zero attached hydrogens (tertiary/aromatic N) is 2. The molecule has 0 radical (unpaired) electrons. The van der Waals surface area contributed by atoms with E-state index in [4.69, 9.17) is 5.11 Å². The lowest BCUT2D eigenvalue weighted by molar-refractivity contribution is -0.143. The van der Waals surface area contributed by atoms with Crippen molar-refractivity contribution in [2.45, 2.75) is 46.1 Å². The quantitative estimate of drug-likeness (QED) is 0.852. The van der Waals surface area contributed by atoms with E-state index in [1.54, 1.807) is 16.8 Å². The molecule has 1 heterocycles. The minimum absolute atomic E-state index is 0.0425. The molecular formula is C14H26N2O3. The summed E-state index contributed by atoms with van der Waals surface area (Å²) in [5.41, 5.74) is 0. The Balaban J connectivity index is 2.58. The van der Waals surface area contributed by atoms with Crippen LogP contribution in [0.1, 0.15) is 40.0 Å². The van der Waals surface area contributed by atoms with Crippen LogP contribution in [-0.2, 0) is 4.79 Å². The molecule has 1 aliphatic rings. The molecule has 0 aromatic rings. The number of likely N-dealkylation sites (tertiary alicyclic amines) is 1. The first kappa shape index (κ1) is 15.8. The van der Waals surface area contributed by atoms with E-state index in [-0.39, 0.29) is 12.1 Å². The molecule has 1 fully saturated rings. The Morgan fingerprint density at radius 2 is 2.00 bits per heavy atom. The summed E-state index contributed by atoms with van der Waals surface area (Å²) in [6, 6.07) is 0.136. The number of piperidine rings is 1. The Hall–Kier alpha value is -1.26. The van der Waals surface area contributed by atoms with Gasteiger partial charge in [0.25, 0.3) is 0 Å². The van der Waals surface area contributed by atoms with Crippen molar-refractivity contribution in [3.63, 3.8) is 0 Å². The van der Waals surface area contributed by atoms with Crippen molar-refractivity contribution < 1.29 is 14.7 Å². The lowest BCUT2D eigenvalue weighted by Gasteiger charge is -2.36. The first-order chi connectivity index (χ1) is 8.82. The molecule has 5 nitrogen and oxygen atoms in total. The Kier molecular flexibility index (Phi) is 5.63. The first-order valence-electron chi connectivity index (χ1n) is 7.07. The highest BCUT2D eigenvalue weighted by Gasteiger charge is 2.30. The maximum Gasteiger partial charge on any atom is 0.320 e. The van der Waals surface area contributed by atoms with Gasteiger partial charge in [-0.15, -0.1) is 0 Å². The largest absolute Gasteiger partial charge is 0.481 e. The standard InChI is InChI=1S/C14H26N2O3/c1-10(2)8-11(3)15(4)14(19)16-7-5-6-12(9-16)13(17)18/h10-12H,5-9H2,1-4H3,(H,17,18)/t11?,12-/m0/s1. The van der Waals surface area contributed by atoms with E-state index < -0.39 is 11.9 Å². The summed E-state index contributed by atoms with van der Waals surface area (Å²) in [6.07, 6.45) is 2.40. The van der Waals surface area contributed by atoms with Gasteiger partial charge in [0, 0.05) is 26.2 Å². The summed E-state index contributed by atoms with van der Waals surface area (Å²) in [5, 5.41) is 9.05. The summed E-state index contributed by atoms with van der Waals surface area (Å²) in [7, 11) is 1.81. The van der Waals surface area contributed by atoms with E-state index in [2.05, 4.69) is 13.8 Å². The van der Waals surface area contributed by atoms with Gasteiger partial charge in [0.2, 0.25) is 0 Å². The van der Waals surface area contributed by atoms with Crippen LogP contribution in [0, 0.1) is 11.8 Å². The van der Waals surface area contributed by atoms with Crippen LogP contribution in [0.2, 0.25) is 0 Å². The molecule has 2 atom stereocenters. The van der Waals surface area contributed by atoms with Crippen molar-refractivity contribution in [2.75, 3.05) is 20.1 Å². The number of rotatable bonds is 4. The van der Waals surface area contributed by atoms with Crippen molar-refractivity contribution in [2.24, 2.45) is 11.8 Å². The smallest absolute Gasteiger partial charge is 0.320 e. The van der Waals surface area contributed by atoms with Crippen LogP contribution in [0.25, 0.3) is 0 Å². The number of hydrogen-bond acceptors (Lipinski definition) is 2. The minimum Gasteiger partial charge on any atom is -0.481 e. The van der Waals surface area contributed by atoms with Crippen molar-refractivity contribution in [3.05, 3.63) is 0 Å². The van der Waals surface area contributed by atoms with Gasteiger partial charge in [-0.05, 0) is 32.1 Å². The third-order valence-corrected chi connectivity index (χ3v) is 3.82. The highest BCUT2D eigenvalue weighted by molar-refractivity contribution is 5.76. The van der Waals surface area contributed by atoms with E-state index in [1.165, 1.54) is 0 Å². The predicted octanol–water partition coefficient (Wildman–Crippen LogP) is 2.27. The van der Waals surface area contributed by atoms with Crippen molar-refractivity contribution in [1.82, 2.24) is 9.80 Å². The highest BCUT2D eigenvalue weighted by Crippen LogP contribution is 2.19. The third kappa shape index (κ3) is 4.40. The third-order valence-electron chi connectivity index (χ3n) is 3.82. The van der Waals surface area contributed by atoms with Gasteiger partial charge in [-0.2, -0.15) is 0 Å². The van der Waals surface area contributed by atoms with E-state index in [0.717, 1.165) is 12.8 Å². The normalized spacial score (nSPS) is 21.3. The molecule has 0 aromatic carbocycles. The topological polar surface area (TPSA) is 60.9 Å². The molecule has 0 saturated carbocycles. The van der Waals surface area contributed by atoms with E-state index in [0.29, 0.717) is 25.4 Å². The Morgan fingerprint density at radius 3 is 2.53 bits per heavy atom. The van der Waals surface area contributed by atoms with Crippen LogP contribution < -0.4 is 0 Å². The van der Waals surface area contributed by atoms with E-state index in [9.17, 15) is 9.59 Å². The van der Waals surface area contributed by atoms with Gasteiger partial charge < -0.3 is 14.9 Å². The van der Waals surface area contributed by atoms with Crippen LogP contribution >= 0.6 is 0 Å². The molecule has 1 unspecified atom stereocenters. The molecule has 1 rings (SSSR count). The molecular weight excluding hydrogens is 244 g/mol. The monoisotopic (exact) mass is 270 g/mol. The van der Waals surface area contributed by atoms with Crippen LogP contribution in [0.4, 0.5) is 4.79 Å². The zero-order chi connectivity index (χ0) is 14.6. The molecule has 1 N–H and O–H groups in total. The molecule has 0 spiro atoms. The molecule has 1 aliphatic heterocycles. The zero-order valence-electron chi connectivity index (χ0n) is 12.4. The second-order valence-corrected chi connectivity index (χ2v) is 6.00. The van der Waals surface area contributed by atoms with Gasteiger partial charge in [0.1, 0.15) is 0 Å². The first-order valence-corrected chi connectivity index (χ1v) is 7.07. The van der Waals surface area contributed by atoms with Gasteiger partial charge in [-0.25, -0.2) is 4.79 Å². The van der Waals surface area contributed by atoms with E-state index >= 15 is 0 Å². The molecule has 0 aliphatic carbocycles. The minimum atomic E-state index is -0.796. The van der Waals surface area contributed by atoms with Crippen molar-refractivity contribution >= 4 is 12.0 Å². The Morgan fingerprint density at radius 1 is 1.37 bits per heavy atom. The van der Waals surface area contributed by atoms with E-state index in [1.807, 2.05) is 6.92 Å². The molecule has 110 valence electrons. The van der Waals surface area contributed by atoms with Crippen molar-refractivity contribution in [3.8, 4) is 0 Å². The summed E-state index contributed by atoms with van der Waals surface area (Å²) in [5.74, 6) is -0.666. The van der Waals surface area contributed by atoms with Crippen molar-refractivity contribution in [1.29, 1.82) is 0 Å². The summed E-state index contributed by atoms with van der Waals surface area (Å²) < 4.78 is 0. The SMILES string of the molecule is CC(C)CC(C)N(C)C(=O)N1CCC[C@H](C(=O)O)C1. The number of aliphatic carboxylic acids is 1. The summed E-state index contributed by atoms with van der Waals surface area (Å²) in [4.78, 5) is 26.8. The highest BCUT2D eigenvalue weighted by atomic mass is 16.4. The van der Waals surface area contributed by atoms with Gasteiger partial charge >= 0.3 is 12.0 Å². The fourth-order valence-corrected chi connectivity index (χ4v) is 2.60. The van der Waals surface area contributed by atoms with Crippen LogP contribution in [0.15, 0.2) is 0 Å². The number of carbonyl (C=O) groups is 2. The number of amides is 2.